The second-order valence-corrected chi connectivity index (χ2v) is 9.41. The molecule has 8 heteroatoms. The number of hydrogen-bond donors (Lipinski definition) is 1. The van der Waals surface area contributed by atoms with E-state index in [0.29, 0.717) is 30.9 Å². The van der Waals surface area contributed by atoms with Crippen molar-refractivity contribution >= 4 is 15.9 Å². The fourth-order valence-corrected chi connectivity index (χ4v) is 4.12. The van der Waals surface area contributed by atoms with Crippen LogP contribution in [-0.2, 0) is 27.7 Å². The molecule has 31 heavy (non-hydrogen) atoms. The molecule has 0 aliphatic rings. The van der Waals surface area contributed by atoms with E-state index >= 15 is 0 Å². The van der Waals surface area contributed by atoms with Crippen LogP contribution >= 0.6 is 0 Å². The van der Waals surface area contributed by atoms with Crippen LogP contribution in [0.25, 0.3) is 0 Å². The number of nitrogens with zero attached hydrogens (tertiary/aromatic N) is 1. The van der Waals surface area contributed by atoms with Gasteiger partial charge in [-0.15, -0.1) is 0 Å². The van der Waals surface area contributed by atoms with Gasteiger partial charge in [-0.2, -0.15) is 0 Å². The molecular formula is C23H32N2O5S. The summed E-state index contributed by atoms with van der Waals surface area (Å²) >= 11 is 0. The molecule has 0 radical (unpaired) electrons. The molecular weight excluding hydrogens is 416 g/mol. The topological polar surface area (TPSA) is 84.9 Å². The first kappa shape index (κ1) is 24.7. The number of benzene rings is 2. The maximum absolute atomic E-state index is 12.4. The van der Waals surface area contributed by atoms with Crippen LogP contribution in [0.1, 0.15) is 30.9 Å². The van der Waals surface area contributed by atoms with Crippen molar-refractivity contribution in [1.82, 2.24) is 9.62 Å². The zero-order valence-corrected chi connectivity index (χ0v) is 19.5. The van der Waals surface area contributed by atoms with Gasteiger partial charge in [0.05, 0.1) is 18.6 Å². The fourth-order valence-electron chi connectivity index (χ4n) is 3.17. The van der Waals surface area contributed by atoms with Crippen LogP contribution in [0.15, 0.2) is 47.4 Å². The van der Waals surface area contributed by atoms with Crippen LogP contribution in [0.4, 0.5) is 0 Å². The van der Waals surface area contributed by atoms with Crippen LogP contribution in [0.2, 0.25) is 0 Å². The Kier molecular flexibility index (Phi) is 9.33. The summed E-state index contributed by atoms with van der Waals surface area (Å²) < 4.78 is 36.9. The number of hydrogen-bond acceptors (Lipinski definition) is 5. The van der Waals surface area contributed by atoms with Crippen molar-refractivity contribution in [2.45, 2.75) is 37.5 Å². The Labute approximate surface area is 185 Å². The Morgan fingerprint density at radius 3 is 2.45 bits per heavy atom. The summed E-state index contributed by atoms with van der Waals surface area (Å²) in [7, 11) is 0.950. The van der Waals surface area contributed by atoms with Crippen molar-refractivity contribution in [3.63, 3.8) is 0 Å². The maximum Gasteiger partial charge on any atom is 0.242 e. The van der Waals surface area contributed by atoms with E-state index < -0.39 is 10.0 Å². The number of methoxy groups -OCH3 is 1. The molecule has 0 heterocycles. The summed E-state index contributed by atoms with van der Waals surface area (Å²) in [6.07, 6.45) is 2.25. The van der Waals surface area contributed by atoms with E-state index in [4.69, 9.17) is 9.47 Å². The van der Waals surface area contributed by atoms with Crippen LogP contribution in [0.5, 0.6) is 11.5 Å². The van der Waals surface area contributed by atoms with Crippen LogP contribution in [0.3, 0.4) is 0 Å². The van der Waals surface area contributed by atoms with E-state index in [1.54, 1.807) is 12.1 Å². The molecule has 0 aliphatic heterocycles. The molecule has 0 saturated heterocycles. The lowest BCUT2D eigenvalue weighted by Crippen LogP contribution is -2.25. The quantitative estimate of drug-likeness (QED) is 0.505. The van der Waals surface area contributed by atoms with Gasteiger partial charge in [0, 0.05) is 27.1 Å². The van der Waals surface area contributed by atoms with Gasteiger partial charge in [0.2, 0.25) is 15.9 Å². The van der Waals surface area contributed by atoms with Gasteiger partial charge in [-0.3, -0.25) is 4.79 Å². The normalized spacial score (nSPS) is 11.4. The van der Waals surface area contributed by atoms with Crippen molar-refractivity contribution < 1.29 is 22.7 Å². The van der Waals surface area contributed by atoms with Crippen molar-refractivity contribution in [3.8, 4) is 11.5 Å². The third-order valence-electron chi connectivity index (χ3n) is 4.87. The predicted octanol–water partition coefficient (Wildman–Crippen LogP) is 3.03. The standard InChI is InChI=1S/C23H32N2O5S/c1-5-30-22-11-7-6-9-18(22)10-8-16-24-23(26)15-12-19-17-20(13-14-21(19)29-4)31(27,28)25(2)3/h6-7,9,11,13-14,17H,5,8,10,12,15-16H2,1-4H3,(H,24,26). The highest BCUT2D eigenvalue weighted by Gasteiger charge is 2.19. The first-order valence-electron chi connectivity index (χ1n) is 10.4. The van der Waals surface area contributed by atoms with Gasteiger partial charge in [-0.1, -0.05) is 18.2 Å². The third-order valence-corrected chi connectivity index (χ3v) is 6.68. The molecule has 0 atom stereocenters. The number of carbonyl (C=O) groups is 1. The Bertz CT molecular complexity index is 974. The van der Waals surface area contributed by atoms with Gasteiger partial charge >= 0.3 is 0 Å². The number of rotatable bonds is 12. The van der Waals surface area contributed by atoms with E-state index in [0.717, 1.165) is 28.5 Å². The average Bonchev–Trinajstić information content (AvgIpc) is 2.76. The van der Waals surface area contributed by atoms with E-state index in [9.17, 15) is 13.2 Å². The Morgan fingerprint density at radius 1 is 1.03 bits per heavy atom. The van der Waals surface area contributed by atoms with E-state index in [2.05, 4.69) is 5.32 Å². The molecule has 0 spiro atoms. The number of amides is 1. The smallest absolute Gasteiger partial charge is 0.242 e. The zero-order valence-electron chi connectivity index (χ0n) is 18.7. The molecule has 2 aromatic rings. The SMILES string of the molecule is CCOc1ccccc1CCCNC(=O)CCc1cc(S(=O)(=O)N(C)C)ccc1OC. The number of aryl methyl sites for hydroxylation is 2. The molecule has 0 aromatic heterocycles. The monoisotopic (exact) mass is 448 g/mol. The fraction of sp³-hybridized carbons (Fsp3) is 0.435. The highest BCUT2D eigenvalue weighted by atomic mass is 32.2. The second-order valence-electron chi connectivity index (χ2n) is 7.26. The summed E-state index contributed by atoms with van der Waals surface area (Å²) in [5.74, 6) is 1.37. The summed E-state index contributed by atoms with van der Waals surface area (Å²) in [5, 5.41) is 2.93. The molecule has 0 saturated carbocycles. The van der Waals surface area contributed by atoms with Gasteiger partial charge in [0.1, 0.15) is 11.5 Å². The first-order chi connectivity index (χ1) is 14.8. The van der Waals surface area contributed by atoms with E-state index in [-0.39, 0.29) is 17.2 Å². The Hall–Kier alpha value is -2.58. The van der Waals surface area contributed by atoms with Crippen molar-refractivity contribution in [2.75, 3.05) is 34.4 Å². The van der Waals surface area contributed by atoms with Gasteiger partial charge < -0.3 is 14.8 Å². The Balaban J connectivity index is 1.88. The molecule has 1 N–H and O–H groups in total. The van der Waals surface area contributed by atoms with E-state index in [1.165, 1.54) is 27.3 Å². The van der Waals surface area contributed by atoms with E-state index in [1.807, 2.05) is 31.2 Å². The maximum atomic E-state index is 12.4. The number of nitrogens with one attached hydrogen (secondary N) is 1. The van der Waals surface area contributed by atoms with Crippen LogP contribution in [0, 0.1) is 0 Å². The number of carbonyl (C=O) groups excluding carboxylic acids is 1. The van der Waals surface area contributed by atoms with Crippen LogP contribution < -0.4 is 14.8 Å². The highest BCUT2D eigenvalue weighted by Crippen LogP contribution is 2.25. The predicted molar refractivity (Wildman–Crippen MR) is 121 cm³/mol. The molecule has 1 amide bonds. The van der Waals surface area contributed by atoms with Crippen molar-refractivity contribution in [1.29, 1.82) is 0 Å². The Morgan fingerprint density at radius 2 is 1.77 bits per heavy atom. The lowest BCUT2D eigenvalue weighted by atomic mass is 10.1. The average molecular weight is 449 g/mol. The largest absolute Gasteiger partial charge is 0.496 e. The number of ether oxygens (including phenoxy) is 2. The summed E-state index contributed by atoms with van der Waals surface area (Å²) in [6, 6.07) is 12.6. The van der Waals surface area contributed by atoms with Crippen molar-refractivity contribution in [2.24, 2.45) is 0 Å². The van der Waals surface area contributed by atoms with Gasteiger partial charge in [-0.05, 0) is 61.6 Å². The minimum absolute atomic E-state index is 0.0824. The minimum Gasteiger partial charge on any atom is -0.496 e. The number of sulfonamides is 1. The molecule has 2 rings (SSSR count). The lowest BCUT2D eigenvalue weighted by Gasteiger charge is -2.14. The highest BCUT2D eigenvalue weighted by molar-refractivity contribution is 7.89. The molecule has 2 aromatic carbocycles. The minimum atomic E-state index is -3.55. The van der Waals surface area contributed by atoms with Crippen LogP contribution in [-0.4, -0.2) is 53.0 Å². The van der Waals surface area contributed by atoms with Gasteiger partial charge in [0.25, 0.3) is 0 Å². The molecule has 0 bridgehead atoms. The molecule has 0 fully saturated rings. The third kappa shape index (κ3) is 6.97. The molecule has 7 nitrogen and oxygen atoms in total. The first-order valence-corrected chi connectivity index (χ1v) is 11.8. The zero-order chi connectivity index (χ0) is 22.9. The van der Waals surface area contributed by atoms with Crippen molar-refractivity contribution in [3.05, 3.63) is 53.6 Å². The van der Waals surface area contributed by atoms with Gasteiger partial charge in [-0.25, -0.2) is 12.7 Å². The second kappa shape index (κ2) is 11.7. The number of para-hydroxylation sites is 1. The molecule has 170 valence electrons. The summed E-state index contributed by atoms with van der Waals surface area (Å²) in [4.78, 5) is 12.5. The summed E-state index contributed by atoms with van der Waals surface area (Å²) in [5.41, 5.74) is 1.81. The lowest BCUT2D eigenvalue weighted by molar-refractivity contribution is -0.121. The molecule has 0 unspecified atom stereocenters. The van der Waals surface area contributed by atoms with Gasteiger partial charge in [0.15, 0.2) is 0 Å². The molecule has 0 aliphatic carbocycles. The summed E-state index contributed by atoms with van der Waals surface area (Å²) in [6.45, 7) is 3.14.